The third-order valence-electron chi connectivity index (χ3n) is 2.67. The summed E-state index contributed by atoms with van der Waals surface area (Å²) < 4.78 is 5.30. The summed E-state index contributed by atoms with van der Waals surface area (Å²) in [6, 6.07) is 4.81. The normalized spacial score (nSPS) is 9.89. The van der Waals surface area contributed by atoms with E-state index in [1.807, 2.05) is 13.8 Å². The van der Waals surface area contributed by atoms with Crippen LogP contribution in [0.4, 0.5) is 10.5 Å². The molecule has 0 unspecified atom stereocenters. The SMILES string of the molecule is CCN(CC)C(=O)Nc1ccc(Br)c(C(=O)OC)c1. The minimum atomic E-state index is -0.453. The van der Waals surface area contributed by atoms with Gasteiger partial charge in [-0.25, -0.2) is 9.59 Å². The van der Waals surface area contributed by atoms with E-state index in [2.05, 4.69) is 26.0 Å². The average molecular weight is 329 g/mol. The van der Waals surface area contributed by atoms with Crippen molar-refractivity contribution in [3.63, 3.8) is 0 Å². The molecule has 0 aromatic heterocycles. The van der Waals surface area contributed by atoms with Gasteiger partial charge in [-0.15, -0.1) is 0 Å². The van der Waals surface area contributed by atoms with Crippen molar-refractivity contribution in [2.24, 2.45) is 0 Å². The van der Waals surface area contributed by atoms with Gasteiger partial charge in [-0.2, -0.15) is 0 Å². The molecule has 0 aliphatic carbocycles. The molecule has 0 saturated carbocycles. The number of urea groups is 1. The molecule has 2 amide bonds. The van der Waals surface area contributed by atoms with Crippen molar-refractivity contribution in [2.45, 2.75) is 13.8 Å². The van der Waals surface area contributed by atoms with Crippen LogP contribution in [0.2, 0.25) is 0 Å². The summed E-state index contributed by atoms with van der Waals surface area (Å²) in [7, 11) is 1.32. The number of hydrogen-bond donors (Lipinski definition) is 1. The topological polar surface area (TPSA) is 58.6 Å². The highest BCUT2D eigenvalue weighted by Crippen LogP contribution is 2.22. The molecule has 0 atom stereocenters. The molecule has 0 fully saturated rings. The third kappa shape index (κ3) is 3.96. The fraction of sp³-hybridized carbons (Fsp3) is 0.385. The molecule has 0 bridgehead atoms. The number of anilines is 1. The van der Waals surface area contributed by atoms with E-state index in [0.29, 0.717) is 28.8 Å². The first-order valence-corrected chi connectivity index (χ1v) is 6.76. The van der Waals surface area contributed by atoms with Crippen molar-refractivity contribution in [3.05, 3.63) is 28.2 Å². The second-order valence-corrected chi connectivity index (χ2v) is 4.64. The first-order chi connectivity index (χ1) is 9.03. The lowest BCUT2D eigenvalue weighted by molar-refractivity contribution is 0.0599. The summed E-state index contributed by atoms with van der Waals surface area (Å²) >= 11 is 3.27. The number of benzene rings is 1. The molecular formula is C13H17BrN2O3. The number of esters is 1. The molecule has 0 heterocycles. The van der Waals surface area contributed by atoms with Crippen molar-refractivity contribution in [2.75, 3.05) is 25.5 Å². The smallest absolute Gasteiger partial charge is 0.339 e. The zero-order valence-electron chi connectivity index (χ0n) is 11.2. The molecule has 1 rings (SSSR count). The van der Waals surface area contributed by atoms with Gasteiger partial charge in [-0.3, -0.25) is 0 Å². The number of hydrogen-bond acceptors (Lipinski definition) is 3. The monoisotopic (exact) mass is 328 g/mol. The number of nitrogens with zero attached hydrogens (tertiary/aromatic N) is 1. The molecule has 0 aliphatic rings. The van der Waals surface area contributed by atoms with Crippen LogP contribution >= 0.6 is 15.9 Å². The molecule has 1 aromatic carbocycles. The Bertz CT molecular complexity index is 473. The minimum absolute atomic E-state index is 0.192. The van der Waals surface area contributed by atoms with Gasteiger partial charge in [-0.05, 0) is 48.0 Å². The predicted octanol–water partition coefficient (Wildman–Crippen LogP) is 3.11. The first kappa shape index (κ1) is 15.5. The Balaban J connectivity index is 2.91. The maximum Gasteiger partial charge on any atom is 0.339 e. The Morgan fingerprint density at radius 3 is 2.47 bits per heavy atom. The van der Waals surface area contributed by atoms with Crippen LogP contribution in [0.3, 0.4) is 0 Å². The van der Waals surface area contributed by atoms with Crippen LogP contribution in [0.1, 0.15) is 24.2 Å². The second-order valence-electron chi connectivity index (χ2n) is 3.79. The van der Waals surface area contributed by atoms with Crippen LogP contribution in [0.25, 0.3) is 0 Å². The van der Waals surface area contributed by atoms with E-state index < -0.39 is 5.97 Å². The quantitative estimate of drug-likeness (QED) is 0.864. The van der Waals surface area contributed by atoms with Crippen LogP contribution < -0.4 is 5.32 Å². The lowest BCUT2D eigenvalue weighted by Crippen LogP contribution is -2.34. The number of methoxy groups -OCH3 is 1. The van der Waals surface area contributed by atoms with Crippen molar-refractivity contribution < 1.29 is 14.3 Å². The molecule has 1 aromatic rings. The highest BCUT2D eigenvalue weighted by Gasteiger charge is 2.14. The van der Waals surface area contributed by atoms with Gasteiger partial charge in [0, 0.05) is 23.2 Å². The van der Waals surface area contributed by atoms with Gasteiger partial charge in [0.05, 0.1) is 12.7 Å². The fourth-order valence-corrected chi connectivity index (χ4v) is 1.99. The maximum absolute atomic E-state index is 11.9. The molecule has 1 N–H and O–H groups in total. The van der Waals surface area contributed by atoms with Gasteiger partial charge in [0.15, 0.2) is 0 Å². The van der Waals surface area contributed by atoms with E-state index in [0.717, 1.165) is 0 Å². The maximum atomic E-state index is 11.9. The van der Waals surface area contributed by atoms with Crippen molar-refractivity contribution >= 4 is 33.6 Å². The number of carbonyl (C=O) groups is 2. The predicted molar refractivity (Wildman–Crippen MR) is 77.4 cm³/mol. The summed E-state index contributed by atoms with van der Waals surface area (Å²) in [6.07, 6.45) is 0. The van der Waals surface area contributed by atoms with Crippen LogP contribution in [-0.4, -0.2) is 37.1 Å². The minimum Gasteiger partial charge on any atom is -0.465 e. The molecule has 0 spiro atoms. The second kappa shape index (κ2) is 7.13. The lowest BCUT2D eigenvalue weighted by atomic mass is 10.2. The van der Waals surface area contributed by atoms with E-state index in [4.69, 9.17) is 0 Å². The number of halogens is 1. The molecule has 104 valence electrons. The van der Waals surface area contributed by atoms with Crippen LogP contribution in [0.5, 0.6) is 0 Å². The molecule has 0 radical (unpaired) electrons. The molecule has 6 heteroatoms. The summed E-state index contributed by atoms with van der Waals surface area (Å²) in [6.45, 7) is 5.07. The Morgan fingerprint density at radius 2 is 1.95 bits per heavy atom. The number of carbonyl (C=O) groups excluding carboxylic acids is 2. The molecule has 5 nitrogen and oxygen atoms in total. The number of rotatable bonds is 4. The van der Waals surface area contributed by atoms with E-state index in [1.165, 1.54) is 7.11 Å². The van der Waals surface area contributed by atoms with Gasteiger partial charge in [-0.1, -0.05) is 0 Å². The molecule has 0 aliphatic heterocycles. The van der Waals surface area contributed by atoms with Crippen LogP contribution in [-0.2, 0) is 4.74 Å². The highest BCUT2D eigenvalue weighted by molar-refractivity contribution is 9.10. The van der Waals surface area contributed by atoms with Crippen molar-refractivity contribution in [1.82, 2.24) is 4.90 Å². The van der Waals surface area contributed by atoms with Gasteiger partial charge in [0.25, 0.3) is 0 Å². The van der Waals surface area contributed by atoms with Crippen molar-refractivity contribution in [1.29, 1.82) is 0 Å². The Hall–Kier alpha value is -1.56. The largest absolute Gasteiger partial charge is 0.465 e. The molecule has 19 heavy (non-hydrogen) atoms. The Labute approximate surface area is 121 Å². The fourth-order valence-electron chi connectivity index (χ4n) is 1.58. The van der Waals surface area contributed by atoms with E-state index >= 15 is 0 Å². The van der Waals surface area contributed by atoms with E-state index in [-0.39, 0.29) is 6.03 Å². The zero-order chi connectivity index (χ0) is 14.4. The lowest BCUT2D eigenvalue weighted by Gasteiger charge is -2.19. The molecular weight excluding hydrogens is 312 g/mol. The number of nitrogens with one attached hydrogen (secondary N) is 1. The van der Waals surface area contributed by atoms with Gasteiger partial charge in [0.1, 0.15) is 0 Å². The van der Waals surface area contributed by atoms with Crippen LogP contribution in [0, 0.1) is 0 Å². The standard InChI is InChI=1S/C13H17BrN2O3/c1-4-16(5-2)13(18)15-9-6-7-11(14)10(8-9)12(17)19-3/h6-8H,4-5H2,1-3H3,(H,15,18). The first-order valence-electron chi connectivity index (χ1n) is 5.97. The summed E-state index contributed by atoms with van der Waals surface area (Å²) in [4.78, 5) is 25.1. The van der Waals surface area contributed by atoms with Gasteiger partial charge < -0.3 is 15.0 Å². The van der Waals surface area contributed by atoms with Crippen LogP contribution in [0.15, 0.2) is 22.7 Å². The third-order valence-corrected chi connectivity index (χ3v) is 3.37. The zero-order valence-corrected chi connectivity index (χ0v) is 12.8. The number of amides is 2. The molecule has 0 saturated heterocycles. The summed E-state index contributed by atoms with van der Waals surface area (Å²) in [5.74, 6) is -0.453. The average Bonchev–Trinajstić information content (AvgIpc) is 2.41. The number of ether oxygens (including phenoxy) is 1. The summed E-state index contributed by atoms with van der Waals surface area (Å²) in [5, 5.41) is 2.75. The highest BCUT2D eigenvalue weighted by atomic mass is 79.9. The van der Waals surface area contributed by atoms with Gasteiger partial charge >= 0.3 is 12.0 Å². The van der Waals surface area contributed by atoms with E-state index in [9.17, 15) is 9.59 Å². The van der Waals surface area contributed by atoms with Crippen molar-refractivity contribution in [3.8, 4) is 0 Å². The Morgan fingerprint density at radius 1 is 1.32 bits per heavy atom. The summed E-state index contributed by atoms with van der Waals surface area (Å²) in [5.41, 5.74) is 0.931. The van der Waals surface area contributed by atoms with Gasteiger partial charge in [0.2, 0.25) is 0 Å². The Kier molecular flexibility index (Phi) is 5.82. The van der Waals surface area contributed by atoms with E-state index in [1.54, 1.807) is 23.1 Å².